The molecule has 2 heterocycles. The second kappa shape index (κ2) is 11.8. The minimum absolute atomic E-state index is 0.0248. The van der Waals surface area contributed by atoms with E-state index in [1.54, 1.807) is 29.2 Å². The van der Waals surface area contributed by atoms with Crippen LogP contribution >= 0.6 is 0 Å². The van der Waals surface area contributed by atoms with Crippen molar-refractivity contribution in [2.24, 2.45) is 0 Å². The van der Waals surface area contributed by atoms with Crippen LogP contribution in [0.15, 0.2) is 42.6 Å². The van der Waals surface area contributed by atoms with E-state index in [1.807, 2.05) is 20.8 Å². The Morgan fingerprint density at radius 3 is 2.36 bits per heavy atom. The highest BCUT2D eigenvalue weighted by atomic mass is 19.4. The van der Waals surface area contributed by atoms with E-state index in [4.69, 9.17) is 9.47 Å². The van der Waals surface area contributed by atoms with Gasteiger partial charge < -0.3 is 19.7 Å². The Kier molecular flexibility index (Phi) is 8.71. The molecule has 0 spiro atoms. The summed E-state index contributed by atoms with van der Waals surface area (Å²) < 4.78 is 50.1. The van der Waals surface area contributed by atoms with Gasteiger partial charge in [-0.15, -0.1) is 0 Å². The number of benzene rings is 1. The fourth-order valence-corrected chi connectivity index (χ4v) is 5.07. The lowest BCUT2D eigenvalue weighted by atomic mass is 9.91. The van der Waals surface area contributed by atoms with Crippen LogP contribution in [0.25, 0.3) is 0 Å². The molecule has 1 aromatic carbocycles. The molecule has 1 aliphatic heterocycles. The third-order valence-electron chi connectivity index (χ3n) is 7.07. The molecule has 0 bridgehead atoms. The number of hydrogen-bond donors (Lipinski definition) is 1. The van der Waals surface area contributed by atoms with Gasteiger partial charge in [0.25, 0.3) is 5.91 Å². The summed E-state index contributed by atoms with van der Waals surface area (Å²) in [6, 6.07) is 8.65. The van der Waals surface area contributed by atoms with E-state index in [9.17, 15) is 22.8 Å². The summed E-state index contributed by atoms with van der Waals surface area (Å²) in [5.74, 6) is 0.458. The zero-order valence-electron chi connectivity index (χ0n) is 22.6. The maximum Gasteiger partial charge on any atom is 0.416 e. The molecule has 2 fully saturated rings. The van der Waals surface area contributed by atoms with Crippen molar-refractivity contribution in [1.82, 2.24) is 15.2 Å². The molecular formula is C29H36F3N3O4. The second-order valence-electron chi connectivity index (χ2n) is 11.3. The van der Waals surface area contributed by atoms with Gasteiger partial charge in [0.2, 0.25) is 0 Å². The number of ether oxygens (including phenoxy) is 2. The maximum absolute atomic E-state index is 12.9. The molecule has 1 N–H and O–H groups in total. The summed E-state index contributed by atoms with van der Waals surface area (Å²) in [6.45, 7) is 6.34. The van der Waals surface area contributed by atoms with Gasteiger partial charge in [-0.2, -0.15) is 13.2 Å². The number of nitrogens with one attached hydrogen (secondary N) is 1. The van der Waals surface area contributed by atoms with Gasteiger partial charge in [0, 0.05) is 19.1 Å². The number of nitrogens with zero attached hydrogens (tertiary/aromatic N) is 2. The molecule has 10 heteroatoms. The van der Waals surface area contributed by atoms with Crippen molar-refractivity contribution in [3.8, 4) is 5.75 Å². The Bertz CT molecular complexity index is 1130. The van der Waals surface area contributed by atoms with Crippen molar-refractivity contribution in [2.75, 3.05) is 13.1 Å². The van der Waals surface area contributed by atoms with Gasteiger partial charge in [0.15, 0.2) is 0 Å². The molecule has 3 atom stereocenters. The smallest absolute Gasteiger partial charge is 0.416 e. The van der Waals surface area contributed by atoms with Crippen LogP contribution in [0, 0.1) is 0 Å². The number of halogens is 3. The zero-order chi connectivity index (χ0) is 28.2. The summed E-state index contributed by atoms with van der Waals surface area (Å²) in [7, 11) is 0. The first-order valence-corrected chi connectivity index (χ1v) is 13.5. The first-order valence-electron chi connectivity index (χ1n) is 13.5. The van der Waals surface area contributed by atoms with E-state index >= 15 is 0 Å². The number of aromatic nitrogens is 1. The molecule has 1 aliphatic carbocycles. The van der Waals surface area contributed by atoms with Crippen molar-refractivity contribution in [3.63, 3.8) is 0 Å². The third-order valence-corrected chi connectivity index (χ3v) is 7.07. The number of likely N-dealkylation sites (tertiary alicyclic amines) is 1. The van der Waals surface area contributed by atoms with Crippen LogP contribution < -0.4 is 10.1 Å². The van der Waals surface area contributed by atoms with Gasteiger partial charge >= 0.3 is 12.3 Å². The monoisotopic (exact) mass is 547 g/mol. The molecule has 2 unspecified atom stereocenters. The average Bonchev–Trinajstić information content (AvgIpc) is 3.21. The minimum atomic E-state index is -4.33. The van der Waals surface area contributed by atoms with Gasteiger partial charge in [-0.25, -0.2) is 9.78 Å². The third kappa shape index (κ3) is 8.10. The molecule has 1 saturated heterocycles. The van der Waals surface area contributed by atoms with E-state index in [0.717, 1.165) is 49.8 Å². The predicted octanol–water partition coefficient (Wildman–Crippen LogP) is 6.33. The van der Waals surface area contributed by atoms with Crippen molar-refractivity contribution in [2.45, 2.75) is 89.1 Å². The van der Waals surface area contributed by atoms with Gasteiger partial charge in [-0.1, -0.05) is 12.1 Å². The Morgan fingerprint density at radius 1 is 0.974 bits per heavy atom. The van der Waals surface area contributed by atoms with Crippen LogP contribution in [0.2, 0.25) is 0 Å². The van der Waals surface area contributed by atoms with Crippen molar-refractivity contribution < 1.29 is 32.2 Å². The zero-order valence-corrected chi connectivity index (χ0v) is 22.6. The van der Waals surface area contributed by atoms with Crippen molar-refractivity contribution in [1.29, 1.82) is 0 Å². The Balaban J connectivity index is 1.25. The standard InChI is InChI=1S/C29H36F3N3O4/c1-28(2,3)39-27(37)35-16-15-22(18-35)34-26(36)25-14-13-24(17-33-25)38-23-6-4-5-19(9-12-23)20-7-10-21(11-8-20)29(30,31)32/h7-8,10-11,13-14,17,19,22-23H,4-6,9,12,15-16,18H2,1-3H3,(H,34,36)/t19?,22-,23?/m0/s1. The number of carbonyl (C=O) groups excluding carboxylic acids is 2. The predicted molar refractivity (Wildman–Crippen MR) is 140 cm³/mol. The lowest BCUT2D eigenvalue weighted by molar-refractivity contribution is -0.137. The maximum atomic E-state index is 12.9. The Morgan fingerprint density at radius 2 is 1.72 bits per heavy atom. The summed E-state index contributed by atoms with van der Waals surface area (Å²) in [6.07, 6.45) is 1.69. The van der Waals surface area contributed by atoms with E-state index < -0.39 is 17.3 Å². The number of carbonyl (C=O) groups is 2. The Labute approximate surface area is 227 Å². The largest absolute Gasteiger partial charge is 0.489 e. The lowest BCUT2D eigenvalue weighted by Crippen LogP contribution is -2.40. The van der Waals surface area contributed by atoms with Crippen LogP contribution in [0.3, 0.4) is 0 Å². The first-order chi connectivity index (χ1) is 18.4. The Hall–Kier alpha value is -3.30. The SMILES string of the molecule is CC(C)(C)OC(=O)N1CC[C@H](NC(=O)c2ccc(OC3CCCC(c4ccc(C(F)(F)F)cc4)CC3)cn2)C1. The first kappa shape index (κ1) is 28.7. The van der Waals surface area contributed by atoms with Gasteiger partial charge in [-0.05, 0) is 95.0 Å². The van der Waals surface area contributed by atoms with E-state index in [0.29, 0.717) is 25.3 Å². The summed E-state index contributed by atoms with van der Waals surface area (Å²) >= 11 is 0. The molecule has 0 radical (unpaired) electrons. The highest BCUT2D eigenvalue weighted by Gasteiger charge is 2.32. The number of alkyl halides is 3. The number of pyridine rings is 1. The highest BCUT2D eigenvalue weighted by molar-refractivity contribution is 5.92. The van der Waals surface area contributed by atoms with Crippen LogP contribution in [-0.4, -0.2) is 52.7 Å². The van der Waals surface area contributed by atoms with Crippen molar-refractivity contribution >= 4 is 12.0 Å². The topological polar surface area (TPSA) is 80.8 Å². The average molecular weight is 548 g/mol. The van der Waals surface area contributed by atoms with Crippen LogP contribution in [0.4, 0.5) is 18.0 Å². The minimum Gasteiger partial charge on any atom is -0.489 e. The second-order valence-corrected chi connectivity index (χ2v) is 11.3. The van der Waals surface area contributed by atoms with E-state index in [-0.39, 0.29) is 35.8 Å². The molecule has 7 nitrogen and oxygen atoms in total. The number of hydrogen-bond acceptors (Lipinski definition) is 5. The molecule has 4 rings (SSSR count). The fourth-order valence-electron chi connectivity index (χ4n) is 5.07. The molecule has 1 aromatic heterocycles. The van der Waals surface area contributed by atoms with Gasteiger partial charge in [0.05, 0.1) is 17.9 Å². The number of amides is 2. The number of rotatable bonds is 5. The normalized spacial score (nSPS) is 22.2. The summed E-state index contributed by atoms with van der Waals surface area (Å²) in [5.41, 5.74) is -0.00774. The summed E-state index contributed by atoms with van der Waals surface area (Å²) in [5, 5.41) is 2.93. The molecule has 2 aromatic rings. The van der Waals surface area contributed by atoms with Crippen LogP contribution in [-0.2, 0) is 10.9 Å². The quantitative estimate of drug-likeness (QED) is 0.442. The van der Waals surface area contributed by atoms with E-state index in [2.05, 4.69) is 10.3 Å². The van der Waals surface area contributed by atoms with Crippen molar-refractivity contribution in [3.05, 3.63) is 59.4 Å². The van der Waals surface area contributed by atoms with Crippen LogP contribution in [0.5, 0.6) is 5.75 Å². The van der Waals surface area contributed by atoms with Crippen LogP contribution in [0.1, 0.15) is 86.8 Å². The molecule has 2 amide bonds. The van der Waals surface area contributed by atoms with Gasteiger partial charge in [0.1, 0.15) is 17.0 Å². The highest BCUT2D eigenvalue weighted by Crippen LogP contribution is 2.35. The molecule has 1 saturated carbocycles. The van der Waals surface area contributed by atoms with Gasteiger partial charge in [-0.3, -0.25) is 4.79 Å². The lowest BCUT2D eigenvalue weighted by Gasteiger charge is -2.24. The molecular weight excluding hydrogens is 511 g/mol. The fraction of sp³-hybridized carbons (Fsp3) is 0.552. The summed E-state index contributed by atoms with van der Waals surface area (Å²) in [4.78, 5) is 30.8. The molecule has 2 aliphatic rings. The van der Waals surface area contributed by atoms with E-state index in [1.165, 1.54) is 6.20 Å². The molecule has 39 heavy (non-hydrogen) atoms. The molecule has 212 valence electrons.